The molecule has 3 rings (SSSR count). The summed E-state index contributed by atoms with van der Waals surface area (Å²) in [5.41, 5.74) is 2.39. The minimum atomic E-state index is -0.134. The fraction of sp³-hybridized carbons (Fsp3) is 0.0500. The zero-order valence-corrected chi connectivity index (χ0v) is 13.7. The van der Waals surface area contributed by atoms with Gasteiger partial charge in [0.2, 0.25) is 0 Å². The van der Waals surface area contributed by atoms with E-state index in [-0.39, 0.29) is 5.91 Å². The van der Waals surface area contributed by atoms with Crippen LogP contribution in [-0.2, 0) is 6.61 Å². The highest BCUT2D eigenvalue weighted by molar-refractivity contribution is 6.30. The van der Waals surface area contributed by atoms with E-state index in [9.17, 15) is 4.79 Å². The van der Waals surface area contributed by atoms with Crippen molar-refractivity contribution in [3.8, 4) is 5.75 Å². The number of amides is 1. The summed E-state index contributed by atoms with van der Waals surface area (Å²) in [5, 5.41) is 3.56. The fourth-order valence-electron chi connectivity index (χ4n) is 2.17. The second-order valence-corrected chi connectivity index (χ2v) is 5.70. The lowest BCUT2D eigenvalue weighted by Gasteiger charge is -2.09. The molecule has 0 aliphatic rings. The number of nitrogens with one attached hydrogen (secondary N) is 1. The molecule has 1 N–H and O–H groups in total. The quantitative estimate of drug-likeness (QED) is 0.697. The SMILES string of the molecule is O=C(Nc1ccc(OCc2ccc(Cl)cc2)cc1)c1ccccc1. The molecule has 0 radical (unpaired) electrons. The smallest absolute Gasteiger partial charge is 0.255 e. The third-order valence-electron chi connectivity index (χ3n) is 3.47. The van der Waals surface area contributed by atoms with Crippen molar-refractivity contribution >= 4 is 23.2 Å². The fourth-order valence-corrected chi connectivity index (χ4v) is 2.30. The molecule has 0 spiro atoms. The van der Waals surface area contributed by atoms with Gasteiger partial charge in [0.1, 0.15) is 12.4 Å². The Balaban J connectivity index is 1.57. The van der Waals surface area contributed by atoms with Crippen molar-refractivity contribution in [2.75, 3.05) is 5.32 Å². The topological polar surface area (TPSA) is 38.3 Å². The van der Waals surface area contributed by atoms with Gasteiger partial charge >= 0.3 is 0 Å². The Labute approximate surface area is 145 Å². The first-order chi connectivity index (χ1) is 11.7. The number of halogens is 1. The van der Waals surface area contributed by atoms with Crippen molar-refractivity contribution in [3.63, 3.8) is 0 Å². The van der Waals surface area contributed by atoms with Gasteiger partial charge in [0, 0.05) is 16.3 Å². The highest BCUT2D eigenvalue weighted by Gasteiger charge is 2.05. The molecule has 0 aromatic heterocycles. The first-order valence-corrected chi connectivity index (χ1v) is 7.92. The number of benzene rings is 3. The summed E-state index contributed by atoms with van der Waals surface area (Å²) >= 11 is 5.86. The average Bonchev–Trinajstić information content (AvgIpc) is 2.63. The van der Waals surface area contributed by atoms with Crippen LogP contribution < -0.4 is 10.1 Å². The summed E-state index contributed by atoms with van der Waals surface area (Å²) in [6.45, 7) is 0.465. The Morgan fingerprint density at radius 1 is 0.875 bits per heavy atom. The summed E-state index contributed by atoms with van der Waals surface area (Å²) in [6.07, 6.45) is 0. The molecule has 0 saturated carbocycles. The van der Waals surface area contributed by atoms with Crippen molar-refractivity contribution < 1.29 is 9.53 Å². The highest BCUT2D eigenvalue weighted by Crippen LogP contribution is 2.18. The van der Waals surface area contributed by atoms with Crippen LogP contribution in [0, 0.1) is 0 Å². The minimum absolute atomic E-state index is 0.134. The van der Waals surface area contributed by atoms with Gasteiger partial charge in [-0.1, -0.05) is 41.9 Å². The number of hydrogen-bond acceptors (Lipinski definition) is 2. The van der Waals surface area contributed by atoms with Crippen LogP contribution >= 0.6 is 11.6 Å². The van der Waals surface area contributed by atoms with E-state index in [1.807, 2.05) is 66.7 Å². The van der Waals surface area contributed by atoms with Crippen molar-refractivity contribution in [2.45, 2.75) is 6.61 Å². The number of ether oxygens (including phenoxy) is 1. The van der Waals surface area contributed by atoms with Crippen LogP contribution in [0.2, 0.25) is 5.02 Å². The lowest BCUT2D eigenvalue weighted by atomic mass is 10.2. The van der Waals surface area contributed by atoms with Gasteiger partial charge in [-0.3, -0.25) is 4.79 Å². The Morgan fingerprint density at radius 2 is 1.54 bits per heavy atom. The van der Waals surface area contributed by atoms with Gasteiger partial charge < -0.3 is 10.1 Å². The van der Waals surface area contributed by atoms with E-state index in [0.717, 1.165) is 17.0 Å². The number of carbonyl (C=O) groups is 1. The molecule has 1 amide bonds. The molecule has 3 aromatic rings. The average molecular weight is 338 g/mol. The van der Waals surface area contributed by atoms with Crippen molar-refractivity contribution in [1.29, 1.82) is 0 Å². The molecule has 0 aliphatic carbocycles. The molecular weight excluding hydrogens is 322 g/mol. The third-order valence-corrected chi connectivity index (χ3v) is 3.72. The van der Waals surface area contributed by atoms with Crippen LogP contribution in [0.4, 0.5) is 5.69 Å². The summed E-state index contributed by atoms with van der Waals surface area (Å²) in [5.74, 6) is 0.605. The first kappa shape index (κ1) is 16.1. The van der Waals surface area contributed by atoms with E-state index in [0.29, 0.717) is 17.2 Å². The summed E-state index contributed by atoms with van der Waals surface area (Å²) in [7, 11) is 0. The van der Waals surface area contributed by atoms with Crippen LogP contribution in [-0.4, -0.2) is 5.91 Å². The van der Waals surface area contributed by atoms with Gasteiger partial charge in [-0.25, -0.2) is 0 Å². The number of carbonyl (C=O) groups excluding carboxylic acids is 1. The molecule has 3 nitrogen and oxygen atoms in total. The second-order valence-electron chi connectivity index (χ2n) is 5.26. The van der Waals surface area contributed by atoms with Gasteiger partial charge in [0.05, 0.1) is 0 Å². The van der Waals surface area contributed by atoms with Crippen molar-refractivity contribution in [3.05, 3.63) is 95.0 Å². The zero-order chi connectivity index (χ0) is 16.8. The molecule has 0 saturated heterocycles. The van der Waals surface area contributed by atoms with E-state index in [1.54, 1.807) is 12.1 Å². The highest BCUT2D eigenvalue weighted by atomic mass is 35.5. The largest absolute Gasteiger partial charge is 0.489 e. The third kappa shape index (κ3) is 4.37. The lowest BCUT2D eigenvalue weighted by Crippen LogP contribution is -2.11. The second kappa shape index (κ2) is 7.66. The van der Waals surface area contributed by atoms with E-state index in [2.05, 4.69) is 5.32 Å². The van der Waals surface area contributed by atoms with Crippen LogP contribution in [0.1, 0.15) is 15.9 Å². The Bertz CT molecular complexity index is 799. The van der Waals surface area contributed by atoms with Crippen LogP contribution in [0.15, 0.2) is 78.9 Å². The van der Waals surface area contributed by atoms with Gasteiger partial charge in [0.25, 0.3) is 5.91 Å². The molecule has 0 bridgehead atoms. The van der Waals surface area contributed by atoms with E-state index in [1.165, 1.54) is 0 Å². The molecule has 0 aliphatic heterocycles. The first-order valence-electron chi connectivity index (χ1n) is 7.54. The predicted molar refractivity (Wildman–Crippen MR) is 96.6 cm³/mol. The van der Waals surface area contributed by atoms with E-state index in [4.69, 9.17) is 16.3 Å². The Kier molecular flexibility index (Phi) is 5.14. The predicted octanol–water partition coefficient (Wildman–Crippen LogP) is 5.17. The monoisotopic (exact) mass is 337 g/mol. The van der Waals surface area contributed by atoms with Gasteiger partial charge in [0.15, 0.2) is 0 Å². The maximum absolute atomic E-state index is 12.1. The maximum atomic E-state index is 12.1. The van der Waals surface area contributed by atoms with Crippen LogP contribution in [0.5, 0.6) is 5.75 Å². The Morgan fingerprint density at radius 3 is 2.21 bits per heavy atom. The van der Waals surface area contributed by atoms with Crippen LogP contribution in [0.25, 0.3) is 0 Å². The van der Waals surface area contributed by atoms with Crippen molar-refractivity contribution in [1.82, 2.24) is 0 Å². The number of hydrogen-bond donors (Lipinski definition) is 1. The zero-order valence-electron chi connectivity index (χ0n) is 12.9. The van der Waals surface area contributed by atoms with Crippen LogP contribution in [0.3, 0.4) is 0 Å². The van der Waals surface area contributed by atoms with E-state index >= 15 is 0 Å². The summed E-state index contributed by atoms with van der Waals surface area (Å²) < 4.78 is 5.72. The van der Waals surface area contributed by atoms with Gasteiger partial charge in [-0.15, -0.1) is 0 Å². The summed E-state index contributed by atoms with van der Waals surface area (Å²) in [6, 6.07) is 23.9. The molecule has 0 heterocycles. The standard InChI is InChI=1S/C20H16ClNO2/c21-17-8-6-15(7-9-17)14-24-19-12-10-18(11-13-19)22-20(23)16-4-2-1-3-5-16/h1-13H,14H2,(H,22,23). The molecule has 3 aromatic carbocycles. The molecule has 4 heteroatoms. The van der Waals surface area contributed by atoms with E-state index < -0.39 is 0 Å². The Hall–Kier alpha value is -2.78. The number of rotatable bonds is 5. The van der Waals surface area contributed by atoms with Crippen molar-refractivity contribution in [2.24, 2.45) is 0 Å². The molecule has 24 heavy (non-hydrogen) atoms. The van der Waals surface area contributed by atoms with Gasteiger partial charge in [-0.2, -0.15) is 0 Å². The molecule has 0 atom stereocenters. The minimum Gasteiger partial charge on any atom is -0.489 e. The maximum Gasteiger partial charge on any atom is 0.255 e. The normalized spacial score (nSPS) is 10.2. The summed E-state index contributed by atoms with van der Waals surface area (Å²) in [4.78, 5) is 12.1. The molecule has 120 valence electrons. The molecule has 0 unspecified atom stereocenters. The lowest BCUT2D eigenvalue weighted by molar-refractivity contribution is 0.102. The number of anilines is 1. The van der Waals surface area contributed by atoms with Gasteiger partial charge in [-0.05, 0) is 54.1 Å². The molecule has 0 fully saturated rings. The molecular formula is C20H16ClNO2.